The van der Waals surface area contributed by atoms with Crippen molar-refractivity contribution in [3.05, 3.63) is 58.1 Å². The molecule has 0 aliphatic heterocycles. The third kappa shape index (κ3) is 4.73. The van der Waals surface area contributed by atoms with E-state index in [4.69, 9.17) is 21.1 Å². The van der Waals surface area contributed by atoms with Crippen molar-refractivity contribution in [3.63, 3.8) is 0 Å². The lowest BCUT2D eigenvalue weighted by atomic mass is 10.1. The minimum atomic E-state index is -0.976. The molecule has 6 heteroatoms. The number of ether oxygens (including phenoxy) is 2. The maximum atomic E-state index is 12.3. The minimum Gasteiger partial charge on any atom is -0.496 e. The van der Waals surface area contributed by atoms with Gasteiger partial charge in [-0.15, -0.1) is 0 Å². The zero-order valence-corrected chi connectivity index (χ0v) is 15.3. The minimum absolute atomic E-state index is 0.168. The van der Waals surface area contributed by atoms with Gasteiger partial charge >= 0.3 is 5.97 Å². The van der Waals surface area contributed by atoms with Gasteiger partial charge in [-0.1, -0.05) is 23.7 Å². The van der Waals surface area contributed by atoms with Gasteiger partial charge in [-0.05, 0) is 56.2 Å². The Morgan fingerprint density at radius 3 is 2.52 bits per heavy atom. The van der Waals surface area contributed by atoms with Crippen molar-refractivity contribution in [2.24, 2.45) is 0 Å². The van der Waals surface area contributed by atoms with Crippen LogP contribution < -0.4 is 10.1 Å². The molecule has 0 saturated carbocycles. The van der Waals surface area contributed by atoms with Crippen molar-refractivity contribution in [2.75, 3.05) is 12.4 Å². The maximum absolute atomic E-state index is 12.3. The van der Waals surface area contributed by atoms with Gasteiger partial charge in [0.15, 0.2) is 6.10 Å². The van der Waals surface area contributed by atoms with Gasteiger partial charge in [0.25, 0.3) is 5.91 Å². The molecule has 0 spiro atoms. The second-order valence-electron chi connectivity index (χ2n) is 5.70. The van der Waals surface area contributed by atoms with E-state index in [1.807, 2.05) is 32.0 Å². The number of aryl methyl sites for hydroxylation is 2. The second kappa shape index (κ2) is 8.03. The topological polar surface area (TPSA) is 64.6 Å². The molecule has 0 aromatic heterocycles. The highest BCUT2D eigenvalue weighted by molar-refractivity contribution is 6.31. The van der Waals surface area contributed by atoms with Crippen molar-refractivity contribution >= 4 is 29.2 Å². The quantitative estimate of drug-likeness (QED) is 0.812. The van der Waals surface area contributed by atoms with Gasteiger partial charge in [0.2, 0.25) is 0 Å². The summed E-state index contributed by atoms with van der Waals surface area (Å²) < 4.78 is 10.4. The molecule has 132 valence electrons. The second-order valence-corrected chi connectivity index (χ2v) is 6.14. The molecule has 25 heavy (non-hydrogen) atoms. The molecule has 0 heterocycles. The van der Waals surface area contributed by atoms with Crippen molar-refractivity contribution in [1.82, 2.24) is 0 Å². The van der Waals surface area contributed by atoms with Gasteiger partial charge in [0, 0.05) is 10.7 Å². The Morgan fingerprint density at radius 2 is 1.84 bits per heavy atom. The van der Waals surface area contributed by atoms with Gasteiger partial charge in [0.05, 0.1) is 7.11 Å². The largest absolute Gasteiger partial charge is 0.496 e. The van der Waals surface area contributed by atoms with Crippen LogP contribution in [-0.4, -0.2) is 25.1 Å². The summed E-state index contributed by atoms with van der Waals surface area (Å²) in [5.74, 6) is -0.762. The predicted molar refractivity (Wildman–Crippen MR) is 97.4 cm³/mol. The summed E-state index contributed by atoms with van der Waals surface area (Å²) in [5.41, 5.74) is 2.80. The molecule has 0 radical (unpaired) electrons. The van der Waals surface area contributed by atoms with E-state index in [0.717, 1.165) is 11.1 Å². The number of anilines is 1. The smallest absolute Gasteiger partial charge is 0.342 e. The number of rotatable bonds is 5. The maximum Gasteiger partial charge on any atom is 0.342 e. The summed E-state index contributed by atoms with van der Waals surface area (Å²) in [7, 11) is 1.44. The molecule has 1 atom stereocenters. The fourth-order valence-electron chi connectivity index (χ4n) is 2.22. The van der Waals surface area contributed by atoms with Crippen LogP contribution >= 0.6 is 11.6 Å². The Bertz CT molecular complexity index is 804. The number of hydrogen-bond acceptors (Lipinski definition) is 4. The number of methoxy groups -OCH3 is 1. The van der Waals surface area contributed by atoms with E-state index in [-0.39, 0.29) is 5.56 Å². The molecule has 5 nitrogen and oxygen atoms in total. The Morgan fingerprint density at radius 1 is 1.12 bits per heavy atom. The van der Waals surface area contributed by atoms with Crippen LogP contribution in [0.4, 0.5) is 5.69 Å². The fraction of sp³-hybridized carbons (Fsp3) is 0.263. The molecule has 2 rings (SSSR count). The number of hydrogen-bond donors (Lipinski definition) is 1. The van der Waals surface area contributed by atoms with Crippen LogP contribution in [0, 0.1) is 13.8 Å². The van der Waals surface area contributed by atoms with E-state index in [9.17, 15) is 9.59 Å². The average Bonchev–Trinajstić information content (AvgIpc) is 2.57. The van der Waals surface area contributed by atoms with Gasteiger partial charge < -0.3 is 14.8 Å². The standard InChI is InChI=1S/C19H20ClNO4/c1-11-5-6-12(2)16(9-11)21-18(22)13(3)25-19(23)15-10-14(20)7-8-17(15)24-4/h5-10,13H,1-4H3,(H,21,22). The highest BCUT2D eigenvalue weighted by Gasteiger charge is 2.22. The van der Waals surface area contributed by atoms with E-state index in [2.05, 4.69) is 5.32 Å². The van der Waals surface area contributed by atoms with Crippen LogP contribution in [0.1, 0.15) is 28.4 Å². The number of benzene rings is 2. The van der Waals surface area contributed by atoms with E-state index < -0.39 is 18.0 Å². The molecule has 0 aliphatic rings. The number of amides is 1. The molecule has 0 aliphatic carbocycles. The number of halogens is 1. The SMILES string of the molecule is COc1ccc(Cl)cc1C(=O)OC(C)C(=O)Nc1cc(C)ccc1C. The summed E-state index contributed by atoms with van der Waals surface area (Å²) in [4.78, 5) is 24.6. The van der Waals surface area contributed by atoms with Crippen molar-refractivity contribution in [1.29, 1.82) is 0 Å². The number of esters is 1. The highest BCUT2D eigenvalue weighted by Crippen LogP contribution is 2.24. The third-order valence-corrected chi connectivity index (χ3v) is 3.92. The molecule has 1 N–H and O–H groups in total. The van der Waals surface area contributed by atoms with Gasteiger partial charge in [0.1, 0.15) is 11.3 Å². The zero-order chi connectivity index (χ0) is 18.6. The molecule has 0 bridgehead atoms. The first-order valence-electron chi connectivity index (χ1n) is 7.74. The normalized spacial score (nSPS) is 11.6. The average molecular weight is 362 g/mol. The van der Waals surface area contributed by atoms with Crippen LogP contribution in [0.15, 0.2) is 36.4 Å². The summed E-state index contributed by atoms with van der Waals surface area (Å²) in [6, 6.07) is 10.4. The molecule has 0 saturated heterocycles. The van der Waals surface area contributed by atoms with Crippen LogP contribution in [0.3, 0.4) is 0 Å². The molecule has 2 aromatic carbocycles. The highest BCUT2D eigenvalue weighted by atomic mass is 35.5. The van der Waals surface area contributed by atoms with Crippen LogP contribution in [-0.2, 0) is 9.53 Å². The first-order valence-corrected chi connectivity index (χ1v) is 8.12. The van der Waals surface area contributed by atoms with Crippen molar-refractivity contribution in [2.45, 2.75) is 26.9 Å². The number of carbonyl (C=O) groups excluding carboxylic acids is 2. The van der Waals surface area contributed by atoms with Gasteiger partial charge in [-0.2, -0.15) is 0 Å². The predicted octanol–water partition coefficient (Wildman–Crippen LogP) is 4.15. The van der Waals surface area contributed by atoms with Crippen LogP contribution in [0.2, 0.25) is 5.02 Å². The Balaban J connectivity index is 2.09. The number of nitrogens with one attached hydrogen (secondary N) is 1. The lowest BCUT2D eigenvalue weighted by Crippen LogP contribution is -2.30. The summed E-state index contributed by atoms with van der Waals surface area (Å²) in [5, 5.41) is 3.15. The van der Waals surface area contributed by atoms with E-state index in [0.29, 0.717) is 16.5 Å². The fourth-order valence-corrected chi connectivity index (χ4v) is 2.39. The molecular weight excluding hydrogens is 342 g/mol. The lowest BCUT2D eigenvalue weighted by molar-refractivity contribution is -0.123. The van der Waals surface area contributed by atoms with Crippen LogP contribution in [0.5, 0.6) is 5.75 Å². The Hall–Kier alpha value is -2.53. The molecule has 1 unspecified atom stereocenters. The summed E-state index contributed by atoms with van der Waals surface area (Å²) >= 11 is 5.91. The number of carbonyl (C=O) groups is 2. The summed E-state index contributed by atoms with van der Waals surface area (Å²) in [6.07, 6.45) is -0.976. The molecule has 1 amide bonds. The van der Waals surface area contributed by atoms with E-state index >= 15 is 0 Å². The van der Waals surface area contributed by atoms with Crippen LogP contribution in [0.25, 0.3) is 0 Å². The van der Waals surface area contributed by atoms with E-state index in [1.165, 1.54) is 20.1 Å². The zero-order valence-electron chi connectivity index (χ0n) is 14.6. The van der Waals surface area contributed by atoms with Crippen molar-refractivity contribution in [3.8, 4) is 5.75 Å². The Labute approximate surface area is 151 Å². The first-order chi connectivity index (χ1) is 11.8. The van der Waals surface area contributed by atoms with Gasteiger partial charge in [-0.25, -0.2) is 4.79 Å². The van der Waals surface area contributed by atoms with Crippen molar-refractivity contribution < 1.29 is 19.1 Å². The third-order valence-electron chi connectivity index (χ3n) is 3.69. The molecule has 2 aromatic rings. The monoisotopic (exact) mass is 361 g/mol. The van der Waals surface area contributed by atoms with E-state index in [1.54, 1.807) is 12.1 Å². The Kier molecular flexibility index (Phi) is 6.04. The lowest BCUT2D eigenvalue weighted by Gasteiger charge is -2.16. The summed E-state index contributed by atoms with van der Waals surface area (Å²) in [6.45, 7) is 5.34. The first kappa shape index (κ1) is 18.8. The molecular formula is C19H20ClNO4. The molecule has 0 fully saturated rings. The van der Waals surface area contributed by atoms with Gasteiger partial charge in [-0.3, -0.25) is 4.79 Å².